The summed E-state index contributed by atoms with van der Waals surface area (Å²) >= 11 is 0. The van der Waals surface area contributed by atoms with Crippen molar-refractivity contribution < 1.29 is 4.79 Å². The molecule has 1 amide bonds. The van der Waals surface area contributed by atoms with Gasteiger partial charge in [0.2, 0.25) is 0 Å². The van der Waals surface area contributed by atoms with Gasteiger partial charge in [0.05, 0.1) is 22.9 Å². The lowest BCUT2D eigenvalue weighted by Crippen LogP contribution is -2.30. The van der Waals surface area contributed by atoms with Crippen molar-refractivity contribution in [1.82, 2.24) is 35.0 Å². The van der Waals surface area contributed by atoms with Crippen molar-refractivity contribution in [2.75, 3.05) is 5.73 Å². The van der Waals surface area contributed by atoms with Crippen LogP contribution in [-0.2, 0) is 7.05 Å². The van der Waals surface area contributed by atoms with Gasteiger partial charge in [-0.05, 0) is 42.8 Å². The monoisotopic (exact) mass is 464 g/mol. The molecule has 5 rings (SSSR count). The zero-order chi connectivity index (χ0) is 24.4. The van der Waals surface area contributed by atoms with E-state index < -0.39 is 5.91 Å². The number of hydrogen-bond donors (Lipinski definition) is 2. The Balaban J connectivity index is 1.60. The molecule has 174 valence electrons. The molecule has 4 heterocycles. The minimum Gasteiger partial charge on any atom is -0.382 e. The first-order valence-corrected chi connectivity index (χ1v) is 11.3. The van der Waals surface area contributed by atoms with Gasteiger partial charge in [0.1, 0.15) is 11.4 Å². The summed E-state index contributed by atoms with van der Waals surface area (Å²) in [6.45, 7) is 1.98. The Bertz CT molecular complexity index is 1510. The molecule has 0 aliphatic carbocycles. The number of nitrogens with two attached hydrogens (primary N) is 1. The third kappa shape index (κ3) is 4.43. The van der Waals surface area contributed by atoms with Crippen LogP contribution in [0.2, 0.25) is 0 Å². The van der Waals surface area contributed by atoms with Gasteiger partial charge in [-0.3, -0.25) is 19.4 Å². The van der Waals surface area contributed by atoms with E-state index in [1.54, 1.807) is 17.1 Å². The van der Waals surface area contributed by atoms with E-state index in [9.17, 15) is 4.79 Å². The first-order valence-electron chi connectivity index (χ1n) is 11.3. The number of hydrogen-bond acceptors (Lipinski definition) is 7. The number of amides is 1. The van der Waals surface area contributed by atoms with Gasteiger partial charge in [0, 0.05) is 36.6 Å². The van der Waals surface area contributed by atoms with E-state index in [4.69, 9.17) is 10.7 Å². The molecule has 3 N–H and O–H groups in total. The number of benzene rings is 1. The summed E-state index contributed by atoms with van der Waals surface area (Å²) < 4.78 is 1.68. The number of anilines is 1. The molecule has 0 fully saturated rings. The second kappa shape index (κ2) is 9.30. The predicted octanol–water partition coefficient (Wildman–Crippen LogP) is 3.95. The van der Waals surface area contributed by atoms with Crippen LogP contribution in [0.5, 0.6) is 0 Å². The van der Waals surface area contributed by atoms with Gasteiger partial charge in [0.25, 0.3) is 5.91 Å². The van der Waals surface area contributed by atoms with Gasteiger partial charge in [-0.2, -0.15) is 5.10 Å². The van der Waals surface area contributed by atoms with E-state index >= 15 is 0 Å². The minimum atomic E-state index is -0.413. The van der Waals surface area contributed by atoms with Crippen LogP contribution in [0.1, 0.15) is 35.6 Å². The summed E-state index contributed by atoms with van der Waals surface area (Å²) in [6, 6.07) is 16.8. The second-order valence-electron chi connectivity index (χ2n) is 8.13. The summed E-state index contributed by atoms with van der Waals surface area (Å²) in [5.41, 5.74) is 10.4. The molecule has 1 aromatic carbocycles. The van der Waals surface area contributed by atoms with Crippen LogP contribution in [0.4, 0.5) is 5.82 Å². The summed E-state index contributed by atoms with van der Waals surface area (Å²) in [5, 5.41) is 8.43. The van der Waals surface area contributed by atoms with Gasteiger partial charge in [-0.1, -0.05) is 25.1 Å². The molecule has 5 aromatic rings. The fourth-order valence-corrected chi connectivity index (χ4v) is 3.95. The van der Waals surface area contributed by atoms with Gasteiger partial charge < -0.3 is 11.1 Å². The fourth-order valence-electron chi connectivity index (χ4n) is 3.95. The van der Waals surface area contributed by atoms with Crippen molar-refractivity contribution >= 4 is 22.6 Å². The lowest BCUT2D eigenvalue weighted by molar-refractivity contribution is 0.0930. The Morgan fingerprint density at radius 2 is 1.89 bits per heavy atom. The highest BCUT2D eigenvalue weighted by atomic mass is 16.2. The van der Waals surface area contributed by atoms with Crippen molar-refractivity contribution in [1.29, 1.82) is 0 Å². The van der Waals surface area contributed by atoms with E-state index in [1.165, 1.54) is 0 Å². The predicted molar refractivity (Wildman–Crippen MR) is 134 cm³/mol. The van der Waals surface area contributed by atoms with E-state index in [1.807, 2.05) is 74.8 Å². The second-order valence-corrected chi connectivity index (χ2v) is 8.13. The van der Waals surface area contributed by atoms with Gasteiger partial charge in [0.15, 0.2) is 11.5 Å². The van der Waals surface area contributed by atoms with Crippen LogP contribution in [0.25, 0.3) is 33.5 Å². The van der Waals surface area contributed by atoms with Gasteiger partial charge >= 0.3 is 0 Å². The number of nitrogen functional groups attached to an aromatic ring is 1. The number of nitrogens with one attached hydrogen (secondary N) is 1. The molecular weight excluding hydrogens is 440 g/mol. The zero-order valence-electron chi connectivity index (χ0n) is 19.4. The maximum absolute atomic E-state index is 13.3. The maximum Gasteiger partial charge on any atom is 0.274 e. The van der Waals surface area contributed by atoms with Crippen molar-refractivity contribution in [3.05, 3.63) is 84.6 Å². The van der Waals surface area contributed by atoms with Crippen molar-refractivity contribution in [2.45, 2.75) is 19.4 Å². The third-order valence-electron chi connectivity index (χ3n) is 5.73. The van der Waals surface area contributed by atoms with E-state index in [0.717, 1.165) is 22.2 Å². The summed E-state index contributed by atoms with van der Waals surface area (Å²) in [7, 11) is 1.83. The van der Waals surface area contributed by atoms with E-state index in [-0.39, 0.29) is 17.6 Å². The van der Waals surface area contributed by atoms with Crippen LogP contribution in [0.3, 0.4) is 0 Å². The quantitative estimate of drug-likeness (QED) is 0.390. The molecule has 9 heteroatoms. The summed E-state index contributed by atoms with van der Waals surface area (Å²) in [5.74, 6) is -0.381. The molecule has 0 aliphatic rings. The molecule has 9 nitrogen and oxygen atoms in total. The largest absolute Gasteiger partial charge is 0.382 e. The Kier molecular flexibility index (Phi) is 5.88. The summed E-state index contributed by atoms with van der Waals surface area (Å²) in [6.07, 6.45) is 5.93. The highest BCUT2D eigenvalue weighted by Gasteiger charge is 2.23. The Morgan fingerprint density at radius 3 is 2.63 bits per heavy atom. The highest BCUT2D eigenvalue weighted by molar-refractivity contribution is 5.98. The molecule has 1 unspecified atom stereocenters. The number of carbonyl (C=O) groups is 1. The van der Waals surface area contributed by atoms with Gasteiger partial charge in [-0.15, -0.1) is 0 Å². The molecule has 0 bridgehead atoms. The van der Waals surface area contributed by atoms with Crippen LogP contribution in [0.15, 0.2) is 73.2 Å². The average Bonchev–Trinajstić information content (AvgIpc) is 3.33. The van der Waals surface area contributed by atoms with Crippen LogP contribution in [-0.4, -0.2) is 35.6 Å². The SMILES string of the molecule is CCC(NC(=O)c1nc(-c2ccc3ncccc3c2)c(-c2ccn(C)n2)nc1N)c1ccccn1. The Morgan fingerprint density at radius 1 is 1.03 bits per heavy atom. The number of carbonyl (C=O) groups excluding carboxylic acids is 1. The van der Waals surface area contributed by atoms with Crippen LogP contribution >= 0.6 is 0 Å². The lowest BCUT2D eigenvalue weighted by atomic mass is 10.0. The van der Waals surface area contributed by atoms with Crippen LogP contribution < -0.4 is 11.1 Å². The number of nitrogens with zero attached hydrogens (tertiary/aromatic N) is 6. The standard InChI is InChI=1S/C26H24N8O/c1-3-18(20-8-4-5-12-29-20)30-26(35)24-25(27)32-23(21-11-14-34(2)33-21)22(31-24)17-9-10-19-16(15-17)7-6-13-28-19/h4-15,18H,3H2,1-2H3,(H2,27,32)(H,30,35). The van der Waals surface area contributed by atoms with Crippen molar-refractivity contribution in [3.8, 4) is 22.6 Å². The molecule has 4 aromatic heterocycles. The highest BCUT2D eigenvalue weighted by Crippen LogP contribution is 2.31. The fraction of sp³-hybridized carbons (Fsp3) is 0.154. The Labute approximate surface area is 202 Å². The number of aryl methyl sites for hydroxylation is 1. The van der Waals surface area contributed by atoms with E-state index in [0.29, 0.717) is 23.5 Å². The van der Waals surface area contributed by atoms with Crippen LogP contribution in [0, 0.1) is 0 Å². The molecule has 0 aliphatic heterocycles. The zero-order valence-corrected chi connectivity index (χ0v) is 19.4. The number of pyridine rings is 2. The normalized spacial score (nSPS) is 11.9. The lowest BCUT2D eigenvalue weighted by Gasteiger charge is -2.17. The molecule has 0 saturated carbocycles. The summed E-state index contributed by atoms with van der Waals surface area (Å²) in [4.78, 5) is 31.4. The molecule has 35 heavy (non-hydrogen) atoms. The third-order valence-corrected chi connectivity index (χ3v) is 5.73. The smallest absolute Gasteiger partial charge is 0.274 e. The number of rotatable bonds is 6. The van der Waals surface area contributed by atoms with Gasteiger partial charge in [-0.25, -0.2) is 9.97 Å². The first kappa shape index (κ1) is 22.1. The van der Waals surface area contributed by atoms with E-state index in [2.05, 4.69) is 25.4 Å². The Hall–Kier alpha value is -4.66. The number of fused-ring (bicyclic) bond motifs is 1. The molecule has 0 radical (unpaired) electrons. The average molecular weight is 465 g/mol. The first-order chi connectivity index (χ1) is 17.0. The molecule has 1 atom stereocenters. The number of aromatic nitrogens is 6. The molecule has 0 spiro atoms. The maximum atomic E-state index is 13.3. The topological polar surface area (TPSA) is 124 Å². The molecular formula is C26H24N8O. The van der Waals surface area contributed by atoms with Crippen molar-refractivity contribution in [2.24, 2.45) is 7.05 Å². The minimum absolute atomic E-state index is 0.0326. The molecule has 0 saturated heterocycles. The van der Waals surface area contributed by atoms with Crippen molar-refractivity contribution in [3.63, 3.8) is 0 Å².